The second-order valence-corrected chi connectivity index (χ2v) is 3.36. The Kier molecular flexibility index (Phi) is 2.67. The fraction of sp³-hybridized carbons (Fsp3) is 0.400. The molecule has 1 atom stereocenters. The molecule has 0 unspecified atom stereocenters. The number of aliphatic hydroxyl groups excluding tert-OH is 1. The average Bonchev–Trinajstić information content (AvgIpc) is 2.26. The van der Waals surface area contributed by atoms with Gasteiger partial charge in [-0.05, 0) is 12.1 Å². The first-order chi connectivity index (χ1) is 7.52. The van der Waals surface area contributed by atoms with Crippen LogP contribution in [0.1, 0.15) is 5.56 Å². The number of halogens is 3. The van der Waals surface area contributed by atoms with Crippen molar-refractivity contribution in [1.29, 1.82) is 0 Å². The molecule has 1 aliphatic rings. The van der Waals surface area contributed by atoms with Gasteiger partial charge < -0.3 is 14.6 Å². The molecule has 0 radical (unpaired) electrons. The van der Waals surface area contributed by atoms with Crippen molar-refractivity contribution in [2.45, 2.75) is 12.3 Å². The van der Waals surface area contributed by atoms with Gasteiger partial charge in [-0.15, -0.1) is 0 Å². The smallest absolute Gasteiger partial charge is 0.420 e. The Morgan fingerprint density at radius 1 is 1.38 bits per heavy atom. The van der Waals surface area contributed by atoms with E-state index in [9.17, 15) is 13.2 Å². The van der Waals surface area contributed by atoms with Gasteiger partial charge in [-0.3, -0.25) is 0 Å². The van der Waals surface area contributed by atoms with Gasteiger partial charge in [0.2, 0.25) is 0 Å². The normalized spacial score (nSPS) is 19.6. The van der Waals surface area contributed by atoms with Crippen molar-refractivity contribution in [3.8, 4) is 11.5 Å². The summed E-state index contributed by atoms with van der Waals surface area (Å²) in [5, 5.41) is 8.82. The van der Waals surface area contributed by atoms with E-state index in [2.05, 4.69) is 0 Å². The van der Waals surface area contributed by atoms with E-state index in [4.69, 9.17) is 14.6 Å². The summed E-state index contributed by atoms with van der Waals surface area (Å²) in [6, 6.07) is 3.57. The van der Waals surface area contributed by atoms with E-state index < -0.39 is 17.8 Å². The minimum Gasteiger partial charge on any atom is -0.486 e. The van der Waals surface area contributed by atoms with E-state index in [1.54, 1.807) is 0 Å². The third-order valence-corrected chi connectivity index (χ3v) is 2.20. The molecular formula is C10H9F3O3. The van der Waals surface area contributed by atoms with Crippen molar-refractivity contribution >= 4 is 0 Å². The zero-order chi connectivity index (χ0) is 11.8. The lowest BCUT2D eigenvalue weighted by molar-refractivity contribution is -0.140. The summed E-state index contributed by atoms with van der Waals surface area (Å²) in [7, 11) is 0. The maximum atomic E-state index is 12.6. The Hall–Kier alpha value is -1.43. The molecule has 1 aromatic rings. The van der Waals surface area contributed by atoms with Crippen LogP contribution in [0.2, 0.25) is 0 Å². The van der Waals surface area contributed by atoms with E-state index in [1.807, 2.05) is 0 Å². The zero-order valence-corrected chi connectivity index (χ0v) is 8.12. The van der Waals surface area contributed by atoms with Gasteiger partial charge in [0.1, 0.15) is 12.2 Å². The quantitative estimate of drug-likeness (QED) is 0.805. The van der Waals surface area contributed by atoms with Crippen molar-refractivity contribution in [3.05, 3.63) is 23.8 Å². The molecule has 0 aromatic heterocycles. The lowest BCUT2D eigenvalue weighted by Crippen LogP contribution is -2.33. The van der Waals surface area contributed by atoms with Gasteiger partial charge >= 0.3 is 6.18 Å². The van der Waals surface area contributed by atoms with Crippen LogP contribution in [0.25, 0.3) is 0 Å². The number of fused-ring (bicyclic) bond motifs is 1. The molecule has 88 valence electrons. The Bertz CT molecular complexity index is 389. The molecule has 1 aromatic carbocycles. The molecule has 0 fully saturated rings. The summed E-state index contributed by atoms with van der Waals surface area (Å²) >= 11 is 0. The van der Waals surface area contributed by atoms with Crippen molar-refractivity contribution in [3.63, 3.8) is 0 Å². The van der Waals surface area contributed by atoms with Crippen LogP contribution >= 0.6 is 0 Å². The highest BCUT2D eigenvalue weighted by Crippen LogP contribution is 2.43. The van der Waals surface area contributed by atoms with Gasteiger partial charge in [0.15, 0.2) is 17.6 Å². The Morgan fingerprint density at radius 2 is 2.12 bits per heavy atom. The zero-order valence-electron chi connectivity index (χ0n) is 8.12. The maximum Gasteiger partial charge on any atom is 0.420 e. The topological polar surface area (TPSA) is 38.7 Å². The van der Waals surface area contributed by atoms with Gasteiger partial charge in [-0.25, -0.2) is 0 Å². The van der Waals surface area contributed by atoms with Crippen LogP contribution in [-0.4, -0.2) is 24.4 Å². The highest BCUT2D eigenvalue weighted by Gasteiger charge is 2.37. The number of benzene rings is 1. The number of ether oxygens (including phenoxy) is 2. The van der Waals surface area contributed by atoms with E-state index in [0.717, 1.165) is 6.07 Å². The van der Waals surface area contributed by atoms with Crippen LogP contribution < -0.4 is 9.47 Å². The second kappa shape index (κ2) is 3.86. The first-order valence-corrected chi connectivity index (χ1v) is 4.63. The Labute approximate surface area is 89.4 Å². The number of rotatable bonds is 1. The molecule has 16 heavy (non-hydrogen) atoms. The molecule has 2 rings (SSSR count). The summed E-state index contributed by atoms with van der Waals surface area (Å²) in [5.74, 6) is -0.292. The van der Waals surface area contributed by atoms with Crippen molar-refractivity contribution < 1.29 is 27.8 Å². The highest BCUT2D eigenvalue weighted by molar-refractivity contribution is 5.49. The lowest BCUT2D eigenvalue weighted by atomic mass is 10.1. The first-order valence-electron chi connectivity index (χ1n) is 4.63. The summed E-state index contributed by atoms with van der Waals surface area (Å²) in [6.45, 7) is -0.337. The second-order valence-electron chi connectivity index (χ2n) is 3.36. The molecule has 0 aliphatic carbocycles. The third-order valence-electron chi connectivity index (χ3n) is 2.20. The molecule has 0 saturated heterocycles. The summed E-state index contributed by atoms with van der Waals surface area (Å²) in [4.78, 5) is 0. The number of hydrogen-bond acceptors (Lipinski definition) is 3. The molecule has 6 heteroatoms. The first kappa shape index (κ1) is 11.1. The van der Waals surface area contributed by atoms with Crippen molar-refractivity contribution in [2.75, 3.05) is 13.2 Å². The predicted molar refractivity (Wildman–Crippen MR) is 48.4 cm³/mol. The van der Waals surface area contributed by atoms with Crippen molar-refractivity contribution in [1.82, 2.24) is 0 Å². The SMILES string of the molecule is OC[C@H]1COc2cccc(C(F)(F)F)c2O1. The molecule has 1 heterocycles. The third kappa shape index (κ3) is 1.92. The van der Waals surface area contributed by atoms with Crippen LogP contribution in [0, 0.1) is 0 Å². The monoisotopic (exact) mass is 234 g/mol. The predicted octanol–water partition coefficient (Wildman–Crippen LogP) is 1.84. The number of aliphatic hydroxyl groups is 1. The van der Waals surface area contributed by atoms with Crippen LogP contribution in [0.15, 0.2) is 18.2 Å². The fourth-order valence-corrected chi connectivity index (χ4v) is 1.45. The number of hydrogen-bond donors (Lipinski definition) is 1. The standard InChI is InChI=1S/C10H9F3O3/c11-10(12,13)7-2-1-3-8-9(7)16-6(4-14)5-15-8/h1-3,6,14H,4-5H2/t6-/m0/s1. The molecule has 0 amide bonds. The molecular weight excluding hydrogens is 225 g/mol. The van der Waals surface area contributed by atoms with Crippen LogP contribution in [0.4, 0.5) is 13.2 Å². The number of alkyl halides is 3. The molecule has 3 nitrogen and oxygen atoms in total. The van der Waals surface area contributed by atoms with Crippen LogP contribution in [0.5, 0.6) is 11.5 Å². The van der Waals surface area contributed by atoms with Crippen LogP contribution in [-0.2, 0) is 6.18 Å². The Morgan fingerprint density at radius 3 is 2.75 bits per heavy atom. The summed E-state index contributed by atoms with van der Waals surface area (Å²) in [5.41, 5.74) is -0.886. The van der Waals surface area contributed by atoms with Crippen molar-refractivity contribution in [2.24, 2.45) is 0 Å². The molecule has 1 N–H and O–H groups in total. The average molecular weight is 234 g/mol. The summed E-state index contributed by atoms with van der Waals surface area (Å²) in [6.07, 6.45) is -5.25. The molecule has 0 spiro atoms. The highest BCUT2D eigenvalue weighted by atomic mass is 19.4. The van der Waals surface area contributed by atoms with Gasteiger partial charge in [-0.1, -0.05) is 6.07 Å². The van der Waals surface area contributed by atoms with E-state index >= 15 is 0 Å². The fourth-order valence-electron chi connectivity index (χ4n) is 1.45. The Balaban J connectivity index is 2.42. The van der Waals surface area contributed by atoms with Gasteiger partial charge in [0, 0.05) is 0 Å². The maximum absolute atomic E-state index is 12.6. The number of para-hydroxylation sites is 1. The van der Waals surface area contributed by atoms with Gasteiger partial charge in [0.05, 0.1) is 6.61 Å². The minimum absolute atomic E-state index is 0.0464. The molecule has 0 saturated carbocycles. The van der Waals surface area contributed by atoms with E-state index in [1.165, 1.54) is 12.1 Å². The van der Waals surface area contributed by atoms with Gasteiger partial charge in [0.25, 0.3) is 0 Å². The molecule has 0 bridgehead atoms. The lowest BCUT2D eigenvalue weighted by Gasteiger charge is -2.27. The van der Waals surface area contributed by atoms with E-state index in [-0.39, 0.29) is 24.7 Å². The molecule has 1 aliphatic heterocycles. The minimum atomic E-state index is -4.49. The largest absolute Gasteiger partial charge is 0.486 e. The van der Waals surface area contributed by atoms with E-state index in [0.29, 0.717) is 0 Å². The van der Waals surface area contributed by atoms with Crippen LogP contribution in [0.3, 0.4) is 0 Å². The summed E-state index contributed by atoms with van der Waals surface area (Å²) < 4.78 is 47.9. The van der Waals surface area contributed by atoms with Gasteiger partial charge in [-0.2, -0.15) is 13.2 Å².